The molecule has 2 N–H and O–H groups in total. The van der Waals surface area contributed by atoms with E-state index in [1.54, 1.807) is 6.26 Å². The van der Waals surface area contributed by atoms with Gasteiger partial charge in [0.2, 0.25) is 0 Å². The number of nitrogens with two attached hydrogens (primary N) is 1. The van der Waals surface area contributed by atoms with Crippen LogP contribution in [0.4, 0.5) is 5.69 Å². The molecule has 0 aliphatic heterocycles. The van der Waals surface area contributed by atoms with Gasteiger partial charge in [0.15, 0.2) is 0 Å². The summed E-state index contributed by atoms with van der Waals surface area (Å²) < 4.78 is 6.54. The maximum absolute atomic E-state index is 5.96. The standard InChI is InChI=1S/C16H21BrN2O/c1-3-19(11-15-5-4-8-20-15)16-10-14(17)7-6-13(16)9-12(2)18/h4-8,10,12H,3,9,11,18H2,1-2H3. The zero-order chi connectivity index (χ0) is 14.5. The fourth-order valence-corrected chi connectivity index (χ4v) is 2.66. The number of benzene rings is 1. The van der Waals surface area contributed by atoms with E-state index in [9.17, 15) is 0 Å². The number of nitrogens with zero attached hydrogens (tertiary/aromatic N) is 1. The fraction of sp³-hybridized carbons (Fsp3) is 0.375. The minimum atomic E-state index is 0.150. The van der Waals surface area contributed by atoms with Crippen molar-refractivity contribution >= 4 is 21.6 Å². The number of rotatable bonds is 6. The second-order valence-corrected chi connectivity index (χ2v) is 5.96. The van der Waals surface area contributed by atoms with Crippen molar-refractivity contribution in [2.75, 3.05) is 11.4 Å². The van der Waals surface area contributed by atoms with Crippen LogP contribution in [0.25, 0.3) is 0 Å². The SMILES string of the molecule is CCN(Cc1ccco1)c1cc(Br)ccc1CC(C)N. The molecule has 0 saturated heterocycles. The first kappa shape index (κ1) is 15.1. The molecular formula is C16H21BrN2O. The third-order valence-electron chi connectivity index (χ3n) is 3.24. The molecule has 0 spiro atoms. The van der Waals surface area contributed by atoms with Crippen LogP contribution in [-0.4, -0.2) is 12.6 Å². The van der Waals surface area contributed by atoms with E-state index < -0.39 is 0 Å². The summed E-state index contributed by atoms with van der Waals surface area (Å²) in [6.07, 6.45) is 2.59. The number of hydrogen-bond acceptors (Lipinski definition) is 3. The predicted molar refractivity (Wildman–Crippen MR) is 86.9 cm³/mol. The second-order valence-electron chi connectivity index (χ2n) is 5.05. The number of hydrogen-bond donors (Lipinski definition) is 1. The highest BCUT2D eigenvalue weighted by atomic mass is 79.9. The third-order valence-corrected chi connectivity index (χ3v) is 3.73. The van der Waals surface area contributed by atoms with Crippen molar-refractivity contribution in [1.29, 1.82) is 0 Å². The summed E-state index contributed by atoms with van der Waals surface area (Å²) in [6, 6.07) is 10.5. The molecule has 1 atom stereocenters. The smallest absolute Gasteiger partial charge is 0.123 e. The van der Waals surface area contributed by atoms with E-state index in [0.717, 1.165) is 29.7 Å². The van der Waals surface area contributed by atoms with Gasteiger partial charge in [0.25, 0.3) is 0 Å². The highest BCUT2D eigenvalue weighted by Crippen LogP contribution is 2.27. The second kappa shape index (κ2) is 6.95. The van der Waals surface area contributed by atoms with Crippen LogP contribution in [0.5, 0.6) is 0 Å². The zero-order valence-electron chi connectivity index (χ0n) is 12.0. The lowest BCUT2D eigenvalue weighted by atomic mass is 10.0. The highest BCUT2D eigenvalue weighted by molar-refractivity contribution is 9.10. The normalized spacial score (nSPS) is 12.4. The van der Waals surface area contributed by atoms with E-state index in [1.807, 2.05) is 19.1 Å². The van der Waals surface area contributed by atoms with Gasteiger partial charge in [-0.25, -0.2) is 0 Å². The van der Waals surface area contributed by atoms with E-state index in [-0.39, 0.29) is 6.04 Å². The van der Waals surface area contributed by atoms with Crippen molar-refractivity contribution in [2.45, 2.75) is 32.9 Å². The van der Waals surface area contributed by atoms with Gasteiger partial charge in [0.1, 0.15) is 5.76 Å². The van der Waals surface area contributed by atoms with Crippen LogP contribution >= 0.6 is 15.9 Å². The molecule has 0 aliphatic carbocycles. The molecule has 0 bridgehead atoms. The predicted octanol–water partition coefficient (Wildman–Crippen LogP) is 3.96. The van der Waals surface area contributed by atoms with Gasteiger partial charge < -0.3 is 15.1 Å². The molecule has 4 heteroatoms. The lowest BCUT2D eigenvalue weighted by Crippen LogP contribution is -2.25. The van der Waals surface area contributed by atoms with Crippen LogP contribution in [0.2, 0.25) is 0 Å². The Bertz CT molecular complexity index is 537. The summed E-state index contributed by atoms with van der Waals surface area (Å²) >= 11 is 3.56. The minimum Gasteiger partial charge on any atom is -0.467 e. The zero-order valence-corrected chi connectivity index (χ0v) is 13.6. The van der Waals surface area contributed by atoms with E-state index >= 15 is 0 Å². The first-order chi connectivity index (χ1) is 9.60. The van der Waals surface area contributed by atoms with Crippen molar-refractivity contribution in [3.63, 3.8) is 0 Å². The summed E-state index contributed by atoms with van der Waals surface area (Å²) in [4.78, 5) is 2.31. The maximum Gasteiger partial charge on any atom is 0.123 e. The molecule has 1 aromatic heterocycles. The van der Waals surface area contributed by atoms with Crippen molar-refractivity contribution in [2.24, 2.45) is 5.73 Å². The van der Waals surface area contributed by atoms with Crippen LogP contribution in [0, 0.1) is 0 Å². The molecule has 1 unspecified atom stereocenters. The van der Waals surface area contributed by atoms with Crippen molar-refractivity contribution in [3.8, 4) is 0 Å². The Balaban J connectivity index is 2.29. The Morgan fingerprint density at radius 2 is 2.15 bits per heavy atom. The monoisotopic (exact) mass is 336 g/mol. The van der Waals surface area contributed by atoms with E-state index in [0.29, 0.717) is 0 Å². The summed E-state index contributed by atoms with van der Waals surface area (Å²) in [5, 5.41) is 0. The third kappa shape index (κ3) is 3.87. The summed E-state index contributed by atoms with van der Waals surface area (Å²) in [7, 11) is 0. The van der Waals surface area contributed by atoms with Gasteiger partial charge in [-0.2, -0.15) is 0 Å². The molecule has 0 saturated carbocycles. The van der Waals surface area contributed by atoms with Crippen LogP contribution in [0.1, 0.15) is 25.2 Å². The Hall–Kier alpha value is -1.26. The fourth-order valence-electron chi connectivity index (χ4n) is 2.31. The van der Waals surface area contributed by atoms with Gasteiger partial charge in [0.05, 0.1) is 12.8 Å². The molecule has 108 valence electrons. The largest absolute Gasteiger partial charge is 0.467 e. The van der Waals surface area contributed by atoms with Gasteiger partial charge >= 0.3 is 0 Å². The highest BCUT2D eigenvalue weighted by Gasteiger charge is 2.13. The van der Waals surface area contributed by atoms with E-state index in [1.165, 1.54) is 11.3 Å². The topological polar surface area (TPSA) is 42.4 Å². The maximum atomic E-state index is 5.96. The summed E-state index contributed by atoms with van der Waals surface area (Å²) in [5.41, 5.74) is 8.45. The van der Waals surface area contributed by atoms with Crippen LogP contribution in [0.15, 0.2) is 45.5 Å². The quantitative estimate of drug-likeness (QED) is 0.868. The number of furan rings is 1. The molecule has 1 heterocycles. The van der Waals surface area contributed by atoms with Crippen LogP contribution < -0.4 is 10.6 Å². The lowest BCUT2D eigenvalue weighted by molar-refractivity contribution is 0.503. The van der Waals surface area contributed by atoms with E-state index in [2.05, 4.69) is 46.0 Å². The van der Waals surface area contributed by atoms with Crippen LogP contribution in [0.3, 0.4) is 0 Å². The average molecular weight is 337 g/mol. The van der Waals surface area contributed by atoms with Gasteiger partial charge in [-0.15, -0.1) is 0 Å². The Labute approximate surface area is 128 Å². The molecule has 0 radical (unpaired) electrons. The van der Waals surface area contributed by atoms with Gasteiger partial charge in [0, 0.05) is 22.7 Å². The molecule has 1 aromatic carbocycles. The van der Waals surface area contributed by atoms with Gasteiger partial charge in [-0.1, -0.05) is 22.0 Å². The summed E-state index contributed by atoms with van der Waals surface area (Å²) in [5.74, 6) is 0.971. The first-order valence-corrected chi connectivity index (χ1v) is 7.70. The molecule has 20 heavy (non-hydrogen) atoms. The average Bonchev–Trinajstić information content (AvgIpc) is 2.90. The van der Waals surface area contributed by atoms with E-state index in [4.69, 9.17) is 10.2 Å². The molecule has 0 amide bonds. The van der Waals surface area contributed by atoms with Crippen molar-refractivity contribution < 1.29 is 4.42 Å². The number of halogens is 1. The molecule has 0 fully saturated rings. The lowest BCUT2D eigenvalue weighted by Gasteiger charge is -2.26. The molecule has 0 aliphatic rings. The minimum absolute atomic E-state index is 0.150. The molecule has 2 rings (SSSR count). The van der Waals surface area contributed by atoms with Crippen molar-refractivity contribution in [1.82, 2.24) is 0 Å². The van der Waals surface area contributed by atoms with Crippen molar-refractivity contribution in [3.05, 3.63) is 52.4 Å². The Morgan fingerprint density at radius 3 is 2.75 bits per heavy atom. The van der Waals surface area contributed by atoms with Gasteiger partial charge in [-0.3, -0.25) is 0 Å². The van der Waals surface area contributed by atoms with Crippen LogP contribution in [-0.2, 0) is 13.0 Å². The Morgan fingerprint density at radius 1 is 1.35 bits per heavy atom. The van der Waals surface area contributed by atoms with Gasteiger partial charge in [-0.05, 0) is 50.1 Å². The summed E-state index contributed by atoms with van der Waals surface area (Å²) in [6.45, 7) is 5.88. The number of anilines is 1. The first-order valence-electron chi connectivity index (χ1n) is 6.91. The Kier molecular flexibility index (Phi) is 5.26. The molecular weight excluding hydrogens is 316 g/mol. The molecule has 2 aromatic rings. The molecule has 3 nitrogen and oxygen atoms in total.